The van der Waals surface area contributed by atoms with Crippen molar-refractivity contribution in [2.24, 2.45) is 0 Å². The minimum Gasteiger partial charge on any atom is -0.313 e. The lowest BCUT2D eigenvalue weighted by Gasteiger charge is -2.21. The fourth-order valence-corrected chi connectivity index (χ4v) is 3.05. The van der Waals surface area contributed by atoms with Crippen LogP contribution in [0.3, 0.4) is 0 Å². The van der Waals surface area contributed by atoms with Crippen LogP contribution >= 0.6 is 15.9 Å². The van der Waals surface area contributed by atoms with E-state index in [2.05, 4.69) is 53.3 Å². The highest BCUT2D eigenvalue weighted by Crippen LogP contribution is 2.28. The minimum absolute atomic E-state index is 0.0832. The summed E-state index contributed by atoms with van der Waals surface area (Å²) in [5, 5.41) is 3.29. The summed E-state index contributed by atoms with van der Waals surface area (Å²) in [7, 11) is 1.91. The Kier molecular flexibility index (Phi) is 4.95. The van der Waals surface area contributed by atoms with Gasteiger partial charge in [0.05, 0.1) is 0 Å². The molecule has 0 heterocycles. The zero-order chi connectivity index (χ0) is 14.7. The van der Waals surface area contributed by atoms with Gasteiger partial charge in [-0.3, -0.25) is 0 Å². The molecule has 0 bridgehead atoms. The predicted octanol–water partition coefficient (Wildman–Crippen LogP) is 4.71. The molecule has 3 heteroatoms. The first-order chi connectivity index (χ1) is 9.52. The molecule has 0 fully saturated rings. The molecule has 0 aliphatic carbocycles. The van der Waals surface area contributed by atoms with Crippen LogP contribution in [-0.2, 0) is 6.42 Å². The first-order valence-electron chi connectivity index (χ1n) is 6.70. The standard InChI is InChI=1S/C17H19BrFN/c1-11-5-4-6-12(2)14(11)10-17(20-3)15-9-13(19)7-8-16(15)18/h4-9,17,20H,10H2,1-3H3. The van der Waals surface area contributed by atoms with Gasteiger partial charge in [0.1, 0.15) is 5.82 Å². The van der Waals surface area contributed by atoms with Crippen molar-refractivity contribution in [2.45, 2.75) is 26.3 Å². The second kappa shape index (κ2) is 6.51. The van der Waals surface area contributed by atoms with Crippen LogP contribution in [0.2, 0.25) is 0 Å². The Labute approximate surface area is 128 Å². The van der Waals surface area contributed by atoms with Crippen molar-refractivity contribution in [1.82, 2.24) is 5.32 Å². The van der Waals surface area contributed by atoms with Crippen LogP contribution < -0.4 is 5.32 Å². The van der Waals surface area contributed by atoms with Crippen molar-refractivity contribution in [1.29, 1.82) is 0 Å². The van der Waals surface area contributed by atoms with E-state index in [4.69, 9.17) is 0 Å². The van der Waals surface area contributed by atoms with Crippen LogP contribution in [0.5, 0.6) is 0 Å². The van der Waals surface area contributed by atoms with Gasteiger partial charge in [0.2, 0.25) is 0 Å². The summed E-state index contributed by atoms with van der Waals surface area (Å²) in [6.07, 6.45) is 0.844. The van der Waals surface area contributed by atoms with Crippen LogP contribution in [0.4, 0.5) is 4.39 Å². The van der Waals surface area contributed by atoms with Gasteiger partial charge in [-0.05, 0) is 67.8 Å². The molecule has 1 unspecified atom stereocenters. The molecule has 0 saturated carbocycles. The van der Waals surface area contributed by atoms with Crippen molar-refractivity contribution in [3.05, 3.63) is 68.9 Å². The first kappa shape index (κ1) is 15.2. The van der Waals surface area contributed by atoms with Crippen molar-refractivity contribution < 1.29 is 4.39 Å². The average molecular weight is 336 g/mol. The van der Waals surface area contributed by atoms with Gasteiger partial charge < -0.3 is 5.32 Å². The Balaban J connectivity index is 2.36. The number of benzene rings is 2. The van der Waals surface area contributed by atoms with Crippen molar-refractivity contribution in [2.75, 3.05) is 7.05 Å². The Morgan fingerprint density at radius 1 is 1.15 bits per heavy atom. The van der Waals surface area contributed by atoms with E-state index < -0.39 is 0 Å². The number of rotatable bonds is 4. The van der Waals surface area contributed by atoms with Crippen LogP contribution in [0, 0.1) is 19.7 Å². The van der Waals surface area contributed by atoms with Gasteiger partial charge in [-0.1, -0.05) is 34.1 Å². The summed E-state index contributed by atoms with van der Waals surface area (Å²) in [5.41, 5.74) is 4.83. The summed E-state index contributed by atoms with van der Waals surface area (Å²) in [6.45, 7) is 4.24. The molecule has 0 aromatic heterocycles. The van der Waals surface area contributed by atoms with E-state index in [1.807, 2.05) is 7.05 Å². The molecule has 1 N–H and O–H groups in total. The molecule has 1 nitrogen and oxygen atoms in total. The Morgan fingerprint density at radius 3 is 2.40 bits per heavy atom. The van der Waals surface area contributed by atoms with Crippen molar-refractivity contribution >= 4 is 15.9 Å². The zero-order valence-electron chi connectivity index (χ0n) is 12.0. The molecule has 0 radical (unpaired) electrons. The number of aryl methyl sites for hydroxylation is 2. The van der Waals surface area contributed by atoms with Crippen LogP contribution in [0.1, 0.15) is 28.3 Å². The highest BCUT2D eigenvalue weighted by atomic mass is 79.9. The van der Waals surface area contributed by atoms with E-state index in [0.717, 1.165) is 16.5 Å². The maximum atomic E-state index is 13.5. The van der Waals surface area contributed by atoms with Gasteiger partial charge in [-0.25, -0.2) is 4.39 Å². The van der Waals surface area contributed by atoms with Gasteiger partial charge in [-0.2, -0.15) is 0 Å². The minimum atomic E-state index is -0.204. The lowest BCUT2D eigenvalue weighted by molar-refractivity contribution is 0.573. The predicted molar refractivity (Wildman–Crippen MR) is 85.5 cm³/mol. The Bertz CT molecular complexity index is 590. The van der Waals surface area contributed by atoms with E-state index >= 15 is 0 Å². The van der Waals surface area contributed by atoms with E-state index in [9.17, 15) is 4.39 Å². The zero-order valence-corrected chi connectivity index (χ0v) is 13.6. The maximum Gasteiger partial charge on any atom is 0.123 e. The molecule has 0 saturated heterocycles. The van der Waals surface area contributed by atoms with Crippen molar-refractivity contribution in [3.63, 3.8) is 0 Å². The molecule has 0 aliphatic rings. The fraction of sp³-hybridized carbons (Fsp3) is 0.294. The normalized spacial score (nSPS) is 12.4. The highest BCUT2D eigenvalue weighted by molar-refractivity contribution is 9.10. The molecule has 2 rings (SSSR count). The fourth-order valence-electron chi connectivity index (χ4n) is 2.52. The van der Waals surface area contributed by atoms with Crippen LogP contribution in [-0.4, -0.2) is 7.05 Å². The first-order valence-corrected chi connectivity index (χ1v) is 7.49. The molecular weight excluding hydrogens is 317 g/mol. The molecular formula is C17H19BrFN. The van der Waals surface area contributed by atoms with E-state index in [1.54, 1.807) is 12.1 Å². The van der Waals surface area contributed by atoms with Crippen molar-refractivity contribution in [3.8, 4) is 0 Å². The third kappa shape index (κ3) is 3.28. The molecule has 0 amide bonds. The molecule has 20 heavy (non-hydrogen) atoms. The lowest BCUT2D eigenvalue weighted by Crippen LogP contribution is -2.20. The third-order valence-electron chi connectivity index (χ3n) is 3.73. The molecule has 106 valence electrons. The summed E-state index contributed by atoms with van der Waals surface area (Å²) < 4.78 is 14.4. The summed E-state index contributed by atoms with van der Waals surface area (Å²) >= 11 is 3.52. The molecule has 1 atom stereocenters. The summed E-state index contributed by atoms with van der Waals surface area (Å²) in [4.78, 5) is 0. The third-order valence-corrected chi connectivity index (χ3v) is 4.46. The summed E-state index contributed by atoms with van der Waals surface area (Å²) in [6, 6.07) is 11.2. The monoisotopic (exact) mass is 335 g/mol. The Morgan fingerprint density at radius 2 is 1.80 bits per heavy atom. The van der Waals surface area contributed by atoms with Gasteiger partial charge in [0.15, 0.2) is 0 Å². The highest BCUT2D eigenvalue weighted by Gasteiger charge is 2.16. The lowest BCUT2D eigenvalue weighted by atomic mass is 9.93. The summed E-state index contributed by atoms with van der Waals surface area (Å²) in [5.74, 6) is -0.204. The molecule has 2 aromatic rings. The van der Waals surface area contributed by atoms with E-state index in [-0.39, 0.29) is 11.9 Å². The SMILES string of the molecule is CNC(Cc1c(C)cccc1C)c1cc(F)ccc1Br. The maximum absolute atomic E-state index is 13.5. The topological polar surface area (TPSA) is 12.0 Å². The average Bonchev–Trinajstić information content (AvgIpc) is 2.42. The largest absolute Gasteiger partial charge is 0.313 e. The number of hydrogen-bond acceptors (Lipinski definition) is 1. The van der Waals surface area contributed by atoms with Gasteiger partial charge in [0.25, 0.3) is 0 Å². The van der Waals surface area contributed by atoms with Crippen LogP contribution in [0.25, 0.3) is 0 Å². The van der Waals surface area contributed by atoms with Gasteiger partial charge in [-0.15, -0.1) is 0 Å². The number of nitrogens with one attached hydrogen (secondary N) is 1. The van der Waals surface area contributed by atoms with Gasteiger partial charge in [0, 0.05) is 10.5 Å². The Hall–Kier alpha value is -1.19. The second-order valence-electron chi connectivity index (χ2n) is 5.08. The number of likely N-dealkylation sites (N-methyl/N-ethyl adjacent to an activating group) is 1. The quantitative estimate of drug-likeness (QED) is 0.853. The molecule has 0 aliphatic heterocycles. The molecule has 2 aromatic carbocycles. The number of hydrogen-bond donors (Lipinski definition) is 1. The van der Waals surface area contributed by atoms with Crippen LogP contribution in [0.15, 0.2) is 40.9 Å². The number of halogens is 2. The van der Waals surface area contributed by atoms with E-state index in [0.29, 0.717) is 0 Å². The van der Waals surface area contributed by atoms with Gasteiger partial charge >= 0.3 is 0 Å². The smallest absolute Gasteiger partial charge is 0.123 e. The second-order valence-corrected chi connectivity index (χ2v) is 5.94. The van der Waals surface area contributed by atoms with E-state index in [1.165, 1.54) is 22.8 Å². The molecule has 0 spiro atoms.